The quantitative estimate of drug-likeness (QED) is 0.134. The lowest BCUT2D eigenvalue weighted by Gasteiger charge is -2.18. The maximum atomic E-state index is 13.0. The predicted octanol–water partition coefficient (Wildman–Crippen LogP) is 12.1. The smallest absolute Gasteiger partial charge is 0.397 e. The Bertz CT molecular complexity index is 2310. The highest BCUT2D eigenvalue weighted by atomic mass is 35.5. The number of alkyl halides is 10. The van der Waals surface area contributed by atoms with Gasteiger partial charge in [0.2, 0.25) is 5.91 Å². The van der Waals surface area contributed by atoms with Crippen LogP contribution in [0.3, 0.4) is 0 Å². The molecule has 57 heavy (non-hydrogen) atoms. The van der Waals surface area contributed by atoms with Crippen LogP contribution in [-0.2, 0) is 29.7 Å². The zero-order chi connectivity index (χ0) is 42.3. The molecule has 6 aromatic rings. The van der Waals surface area contributed by atoms with Gasteiger partial charge >= 0.3 is 18.5 Å². The summed E-state index contributed by atoms with van der Waals surface area (Å²) in [6.45, 7) is 1.83. The molecule has 0 fully saturated rings. The van der Waals surface area contributed by atoms with Gasteiger partial charge in [-0.1, -0.05) is 43.3 Å². The van der Waals surface area contributed by atoms with E-state index in [0.29, 0.717) is 22.2 Å². The van der Waals surface area contributed by atoms with Gasteiger partial charge in [-0.2, -0.15) is 39.5 Å². The second-order valence-corrected chi connectivity index (χ2v) is 14.2. The lowest BCUT2D eigenvalue weighted by molar-refractivity contribution is -0.138. The molecule has 0 aliphatic rings. The van der Waals surface area contributed by atoms with Crippen molar-refractivity contribution >= 4 is 73.4 Å². The van der Waals surface area contributed by atoms with Crippen molar-refractivity contribution in [3.05, 3.63) is 130 Å². The third-order valence-corrected chi connectivity index (χ3v) is 10.4. The Labute approximate surface area is 333 Å². The van der Waals surface area contributed by atoms with Crippen LogP contribution in [0.2, 0.25) is 0 Å². The molecule has 18 heteroatoms. The van der Waals surface area contributed by atoms with Crippen LogP contribution in [-0.4, -0.2) is 36.8 Å². The molecular weight excluding hydrogens is 827 g/mol. The van der Waals surface area contributed by atoms with E-state index >= 15 is 0 Å². The van der Waals surface area contributed by atoms with E-state index in [1.165, 1.54) is 50.5 Å². The zero-order valence-corrected chi connectivity index (χ0v) is 32.4. The number of hydrogen-bond donors (Lipinski definition) is 1. The number of rotatable bonds is 6. The molecular formula is C39H32ClF9N4O2S2. The van der Waals surface area contributed by atoms with Gasteiger partial charge in [-0.25, -0.2) is 4.98 Å². The lowest BCUT2D eigenvalue weighted by atomic mass is 10.1. The van der Waals surface area contributed by atoms with Gasteiger partial charge < -0.3 is 15.5 Å². The van der Waals surface area contributed by atoms with Crippen molar-refractivity contribution < 1.29 is 49.1 Å². The minimum atomic E-state index is -4.49. The van der Waals surface area contributed by atoms with Crippen LogP contribution in [0.1, 0.15) is 38.8 Å². The number of halogens is 10. The molecule has 6 rings (SSSR count). The van der Waals surface area contributed by atoms with Gasteiger partial charge in [0.15, 0.2) is 0 Å². The van der Waals surface area contributed by atoms with E-state index in [0.717, 1.165) is 62.0 Å². The SMILES string of the molecule is CCc1cccc(C(F)(F)F)c1.CN(C(=O)CCl)c1cccc(C(F)(F)F)c1.CN(C(=O)c1sc2nc(-c3cccs3)ccc2c1N)c1cccc(C(F)(F)F)c1. The molecule has 3 aromatic carbocycles. The van der Waals surface area contributed by atoms with Gasteiger partial charge in [0.05, 0.1) is 32.9 Å². The lowest BCUT2D eigenvalue weighted by Crippen LogP contribution is -2.27. The molecule has 3 heterocycles. The Balaban J connectivity index is 0.000000216. The standard InChI is InChI=1S/C20H14F3N3OS2.C10H9ClF3NO.C9H9F3/c1-26(12-5-2-4-11(10-12)20(21,22)23)19(27)17-16(24)13-7-8-14(25-18(13)29-17)15-6-3-9-28-15;1-15(9(16)6-11)8-4-2-3-7(5-8)10(12,13)14;1-2-7-4-3-5-8(6-7)9(10,11)12/h2-10H,24H2,1H3;2-5H,6H2,1H3;3-6H,2H2,1H3. The number of carbonyl (C=O) groups is 2. The van der Waals surface area contributed by atoms with Crippen molar-refractivity contribution in [2.75, 3.05) is 35.5 Å². The summed E-state index contributed by atoms with van der Waals surface area (Å²) in [5.74, 6) is -1.21. The third kappa shape index (κ3) is 11.5. The van der Waals surface area contributed by atoms with Gasteiger partial charge in [0.1, 0.15) is 15.6 Å². The normalized spacial score (nSPS) is 11.6. The Hall–Kier alpha value is -5.13. The number of hydrogen-bond acceptors (Lipinski definition) is 6. The van der Waals surface area contributed by atoms with Crippen LogP contribution in [0, 0.1) is 0 Å². The highest BCUT2D eigenvalue weighted by molar-refractivity contribution is 7.21. The van der Waals surface area contributed by atoms with Crippen molar-refractivity contribution in [2.24, 2.45) is 0 Å². The molecule has 0 saturated carbocycles. The number of fused-ring (bicyclic) bond motifs is 1. The van der Waals surface area contributed by atoms with E-state index in [9.17, 15) is 49.1 Å². The topological polar surface area (TPSA) is 79.5 Å². The zero-order valence-electron chi connectivity index (χ0n) is 30.1. The van der Waals surface area contributed by atoms with E-state index in [4.69, 9.17) is 17.3 Å². The molecule has 0 unspecified atom stereocenters. The van der Waals surface area contributed by atoms with Gasteiger partial charge in [-0.05, 0) is 78.0 Å². The fourth-order valence-electron chi connectivity index (χ4n) is 4.97. The van der Waals surface area contributed by atoms with Crippen molar-refractivity contribution in [1.82, 2.24) is 4.98 Å². The number of thiophene rings is 2. The van der Waals surface area contributed by atoms with Crippen LogP contribution in [0.15, 0.2) is 102 Å². The summed E-state index contributed by atoms with van der Waals surface area (Å²) in [4.78, 5) is 32.8. The van der Waals surface area contributed by atoms with Crippen LogP contribution >= 0.6 is 34.3 Å². The van der Waals surface area contributed by atoms with Crippen LogP contribution in [0.5, 0.6) is 0 Å². The van der Waals surface area contributed by atoms with E-state index in [-0.39, 0.29) is 27.8 Å². The number of aromatic nitrogens is 1. The fourth-order valence-corrected chi connectivity index (χ4v) is 6.91. The number of aryl methyl sites for hydroxylation is 1. The predicted molar refractivity (Wildman–Crippen MR) is 208 cm³/mol. The summed E-state index contributed by atoms with van der Waals surface area (Å²) in [7, 11) is 2.80. The maximum absolute atomic E-state index is 13.0. The average molecular weight is 859 g/mol. The number of carbonyl (C=O) groups excluding carboxylic acids is 2. The second-order valence-electron chi connectivity index (χ2n) is 12.0. The molecule has 0 aliphatic carbocycles. The molecule has 0 bridgehead atoms. The highest BCUT2D eigenvalue weighted by Crippen LogP contribution is 2.37. The number of nitrogen functional groups attached to an aromatic ring is 1. The first kappa shape index (κ1) is 44.6. The Morgan fingerprint density at radius 2 is 1.25 bits per heavy atom. The number of amides is 2. The molecule has 6 nitrogen and oxygen atoms in total. The molecule has 0 spiro atoms. The molecule has 0 saturated heterocycles. The minimum Gasteiger partial charge on any atom is -0.397 e. The Kier molecular flexibility index (Phi) is 14.4. The number of benzene rings is 3. The van der Waals surface area contributed by atoms with Crippen molar-refractivity contribution in [3.63, 3.8) is 0 Å². The van der Waals surface area contributed by atoms with Gasteiger partial charge in [0, 0.05) is 30.9 Å². The molecule has 0 atom stereocenters. The average Bonchev–Trinajstić information content (AvgIpc) is 3.84. The summed E-state index contributed by atoms with van der Waals surface area (Å²) < 4.78 is 112. The van der Waals surface area contributed by atoms with Crippen LogP contribution in [0.25, 0.3) is 20.8 Å². The fraction of sp³-hybridized carbons (Fsp3) is 0.205. The summed E-state index contributed by atoms with van der Waals surface area (Å²) in [6.07, 6.45) is -12.5. The maximum Gasteiger partial charge on any atom is 0.416 e. The summed E-state index contributed by atoms with van der Waals surface area (Å²) >= 11 is 8.00. The molecule has 0 aliphatic heterocycles. The summed E-state index contributed by atoms with van der Waals surface area (Å²) in [6, 6.07) is 22.0. The van der Waals surface area contributed by atoms with Gasteiger partial charge in [-0.3, -0.25) is 9.59 Å². The van der Waals surface area contributed by atoms with Crippen LogP contribution < -0.4 is 15.5 Å². The Morgan fingerprint density at radius 1 is 0.719 bits per heavy atom. The monoisotopic (exact) mass is 858 g/mol. The van der Waals surface area contributed by atoms with E-state index in [1.54, 1.807) is 17.4 Å². The van der Waals surface area contributed by atoms with Crippen molar-refractivity contribution in [2.45, 2.75) is 31.9 Å². The van der Waals surface area contributed by atoms with Crippen molar-refractivity contribution in [1.29, 1.82) is 0 Å². The number of pyridine rings is 1. The number of nitrogens with two attached hydrogens (primary N) is 1. The minimum absolute atomic E-state index is 0.133. The Morgan fingerprint density at radius 3 is 1.74 bits per heavy atom. The second kappa shape index (κ2) is 18.4. The molecule has 0 radical (unpaired) electrons. The third-order valence-electron chi connectivity index (χ3n) is 8.14. The van der Waals surface area contributed by atoms with E-state index in [1.807, 2.05) is 36.6 Å². The van der Waals surface area contributed by atoms with E-state index < -0.39 is 47.0 Å². The van der Waals surface area contributed by atoms with Crippen LogP contribution in [0.4, 0.5) is 56.6 Å². The highest BCUT2D eigenvalue weighted by Gasteiger charge is 2.33. The largest absolute Gasteiger partial charge is 0.416 e. The first-order chi connectivity index (χ1) is 26.6. The number of nitrogens with zero attached hydrogens (tertiary/aromatic N) is 3. The van der Waals surface area contributed by atoms with E-state index in [2.05, 4.69) is 4.98 Å². The summed E-state index contributed by atoms with van der Waals surface area (Å²) in [5, 5.41) is 2.60. The molecule has 2 N–H and O–H groups in total. The molecule has 3 aromatic heterocycles. The summed E-state index contributed by atoms with van der Waals surface area (Å²) in [5.41, 5.74) is 6.06. The molecule has 302 valence electrons. The first-order valence-corrected chi connectivity index (χ1v) is 18.7. The molecule has 2 amide bonds. The number of anilines is 3. The van der Waals surface area contributed by atoms with Gasteiger partial charge in [-0.15, -0.1) is 34.3 Å². The van der Waals surface area contributed by atoms with Gasteiger partial charge in [0.25, 0.3) is 5.91 Å². The van der Waals surface area contributed by atoms with Crippen molar-refractivity contribution in [3.8, 4) is 10.6 Å². The first-order valence-electron chi connectivity index (χ1n) is 16.5.